The van der Waals surface area contributed by atoms with Gasteiger partial charge in [0.15, 0.2) is 0 Å². The summed E-state index contributed by atoms with van der Waals surface area (Å²) in [5.41, 5.74) is -0.326. The molecule has 1 heterocycles. The smallest absolute Gasteiger partial charge is 0.325 e. The zero-order valence-electron chi connectivity index (χ0n) is 10.3. The third-order valence-electron chi connectivity index (χ3n) is 2.26. The van der Waals surface area contributed by atoms with Crippen molar-refractivity contribution in [1.29, 1.82) is 5.26 Å². The normalized spacial score (nSPS) is 11.2. The van der Waals surface area contributed by atoms with E-state index in [1.165, 1.54) is 16.4 Å². The minimum absolute atomic E-state index is 0.237. The van der Waals surface area contributed by atoms with Gasteiger partial charge in [-0.1, -0.05) is 11.8 Å². The highest BCUT2D eigenvalue weighted by molar-refractivity contribution is 7.99. The molecule has 0 saturated carbocycles. The first-order valence-corrected chi connectivity index (χ1v) is 6.45. The average Bonchev–Trinajstić information content (AvgIpc) is 2.71. The molecule has 1 rings (SSSR count). The van der Waals surface area contributed by atoms with E-state index in [-0.39, 0.29) is 12.0 Å². The number of carboxylic acid groups (broad SMARTS) is 1. The Balaban J connectivity index is 2.38. The first-order valence-electron chi connectivity index (χ1n) is 5.46. The summed E-state index contributed by atoms with van der Waals surface area (Å²) in [5, 5.41) is 28.8. The molecule has 0 amide bonds. The summed E-state index contributed by atoms with van der Waals surface area (Å²) in [6.45, 7) is 3.55. The highest BCUT2D eigenvalue weighted by Crippen LogP contribution is 2.23. The summed E-state index contributed by atoms with van der Waals surface area (Å²) in [7, 11) is 0. The molecule has 1 aromatic heterocycles. The Morgan fingerprint density at radius 3 is 2.94 bits per heavy atom. The van der Waals surface area contributed by atoms with Crippen molar-refractivity contribution in [3.8, 4) is 6.07 Å². The van der Waals surface area contributed by atoms with Crippen molar-refractivity contribution in [2.75, 3.05) is 5.75 Å². The van der Waals surface area contributed by atoms with Crippen molar-refractivity contribution in [2.24, 2.45) is 5.41 Å². The molecule has 0 aliphatic rings. The number of carbonyl (C=O) groups is 1. The molecule has 0 spiro atoms. The van der Waals surface area contributed by atoms with Crippen LogP contribution in [0, 0.1) is 16.7 Å². The van der Waals surface area contributed by atoms with Gasteiger partial charge in [-0.05, 0) is 37.1 Å². The second-order valence-corrected chi connectivity index (χ2v) is 5.52. The maximum absolute atomic E-state index is 10.6. The van der Waals surface area contributed by atoms with Gasteiger partial charge in [0.25, 0.3) is 0 Å². The van der Waals surface area contributed by atoms with Gasteiger partial charge >= 0.3 is 5.97 Å². The summed E-state index contributed by atoms with van der Waals surface area (Å²) in [6, 6.07) is 2.24. The molecule has 7 nitrogen and oxygen atoms in total. The Bertz CT molecular complexity index is 451. The molecule has 0 aliphatic heterocycles. The van der Waals surface area contributed by atoms with E-state index < -0.39 is 5.97 Å². The van der Waals surface area contributed by atoms with Crippen molar-refractivity contribution < 1.29 is 9.90 Å². The number of thioether (sulfide) groups is 1. The average molecular weight is 269 g/mol. The van der Waals surface area contributed by atoms with Gasteiger partial charge in [0, 0.05) is 5.75 Å². The van der Waals surface area contributed by atoms with Crippen LogP contribution >= 0.6 is 11.8 Å². The van der Waals surface area contributed by atoms with Gasteiger partial charge in [-0.3, -0.25) is 4.79 Å². The molecular weight excluding hydrogens is 254 g/mol. The van der Waals surface area contributed by atoms with E-state index in [1.54, 1.807) is 0 Å². The van der Waals surface area contributed by atoms with Crippen molar-refractivity contribution in [3.05, 3.63) is 0 Å². The summed E-state index contributed by atoms with van der Waals surface area (Å²) in [6.07, 6.45) is 1.64. The van der Waals surface area contributed by atoms with Gasteiger partial charge in [-0.15, -0.1) is 5.10 Å². The lowest BCUT2D eigenvalue weighted by atomic mass is 9.90. The topological polar surface area (TPSA) is 105 Å². The molecule has 0 fully saturated rings. The second kappa shape index (κ2) is 6.35. The van der Waals surface area contributed by atoms with Gasteiger partial charge in [-0.25, -0.2) is 4.68 Å². The zero-order valence-corrected chi connectivity index (χ0v) is 11.1. The van der Waals surface area contributed by atoms with E-state index in [9.17, 15) is 4.79 Å². The van der Waals surface area contributed by atoms with Gasteiger partial charge in [-0.2, -0.15) is 5.26 Å². The van der Waals surface area contributed by atoms with Gasteiger partial charge in [0.2, 0.25) is 5.16 Å². The van der Waals surface area contributed by atoms with Crippen LogP contribution in [0.3, 0.4) is 0 Å². The molecular formula is C10H15N5O2S. The Hall–Kier alpha value is -1.62. The number of aromatic nitrogens is 4. The SMILES string of the molecule is CC(C)(C#N)CCCSc1nnnn1CC(=O)O. The second-order valence-electron chi connectivity index (χ2n) is 4.46. The van der Waals surface area contributed by atoms with Crippen molar-refractivity contribution in [1.82, 2.24) is 20.2 Å². The Labute approximate surface area is 109 Å². The van der Waals surface area contributed by atoms with Crippen LogP contribution in [0.15, 0.2) is 5.16 Å². The molecule has 1 aromatic rings. The number of nitriles is 1. The molecule has 0 saturated heterocycles. The molecule has 98 valence electrons. The molecule has 0 atom stereocenters. The van der Waals surface area contributed by atoms with E-state index >= 15 is 0 Å². The van der Waals surface area contributed by atoms with Crippen LogP contribution in [-0.4, -0.2) is 37.0 Å². The molecule has 0 aliphatic carbocycles. The van der Waals surface area contributed by atoms with Crippen LogP contribution in [0.25, 0.3) is 0 Å². The number of nitrogens with zero attached hydrogens (tertiary/aromatic N) is 5. The molecule has 0 bridgehead atoms. The lowest BCUT2D eigenvalue weighted by Crippen LogP contribution is -2.11. The highest BCUT2D eigenvalue weighted by Gasteiger charge is 2.16. The first kappa shape index (κ1) is 14.4. The molecule has 0 radical (unpaired) electrons. The highest BCUT2D eigenvalue weighted by atomic mass is 32.2. The Morgan fingerprint density at radius 1 is 1.61 bits per heavy atom. The Morgan fingerprint density at radius 2 is 2.33 bits per heavy atom. The number of hydrogen-bond acceptors (Lipinski definition) is 6. The van der Waals surface area contributed by atoms with Crippen LogP contribution in [0.1, 0.15) is 26.7 Å². The van der Waals surface area contributed by atoms with Crippen LogP contribution in [0.5, 0.6) is 0 Å². The summed E-state index contributed by atoms with van der Waals surface area (Å²) in [5.74, 6) is -0.222. The maximum atomic E-state index is 10.6. The monoisotopic (exact) mass is 269 g/mol. The van der Waals surface area contributed by atoms with Gasteiger partial charge in [0.05, 0.1) is 11.5 Å². The number of tetrazole rings is 1. The predicted molar refractivity (Wildman–Crippen MR) is 64.8 cm³/mol. The third-order valence-corrected chi connectivity index (χ3v) is 3.31. The van der Waals surface area contributed by atoms with E-state index in [1.807, 2.05) is 13.8 Å². The summed E-state index contributed by atoms with van der Waals surface area (Å²) in [4.78, 5) is 10.6. The minimum atomic E-state index is -0.977. The van der Waals surface area contributed by atoms with Crippen molar-refractivity contribution in [2.45, 2.75) is 38.4 Å². The Kier molecular flexibility index (Phi) is 5.09. The van der Waals surface area contributed by atoms with Gasteiger partial charge in [0.1, 0.15) is 6.54 Å². The van der Waals surface area contributed by atoms with E-state index in [0.717, 1.165) is 18.6 Å². The summed E-state index contributed by atoms with van der Waals surface area (Å²) >= 11 is 1.40. The molecule has 8 heteroatoms. The van der Waals surface area contributed by atoms with Crippen LogP contribution in [-0.2, 0) is 11.3 Å². The van der Waals surface area contributed by atoms with Crippen LogP contribution in [0.2, 0.25) is 0 Å². The predicted octanol–water partition coefficient (Wildman–Crippen LogP) is 1.18. The number of aliphatic carboxylic acids is 1. The fraction of sp³-hybridized carbons (Fsp3) is 0.700. The van der Waals surface area contributed by atoms with Crippen LogP contribution in [0.4, 0.5) is 0 Å². The fourth-order valence-corrected chi connectivity index (χ4v) is 2.08. The summed E-state index contributed by atoms with van der Waals surface area (Å²) < 4.78 is 1.25. The van der Waals surface area contributed by atoms with E-state index in [0.29, 0.717) is 5.16 Å². The fourth-order valence-electron chi connectivity index (χ4n) is 1.26. The number of rotatable bonds is 7. The standard InChI is InChI=1S/C10H15N5O2S/c1-10(2,7-11)4-3-5-18-9-12-13-14-15(9)6-8(16)17/h3-6H2,1-2H3,(H,16,17). The number of hydrogen-bond donors (Lipinski definition) is 1. The molecule has 0 unspecified atom stereocenters. The first-order chi connectivity index (χ1) is 8.44. The van der Waals surface area contributed by atoms with Crippen molar-refractivity contribution in [3.63, 3.8) is 0 Å². The van der Waals surface area contributed by atoms with Crippen LogP contribution < -0.4 is 0 Å². The third kappa shape index (κ3) is 4.71. The number of carboxylic acids is 1. The quantitative estimate of drug-likeness (QED) is 0.585. The minimum Gasteiger partial charge on any atom is -0.480 e. The molecule has 18 heavy (non-hydrogen) atoms. The lowest BCUT2D eigenvalue weighted by Gasteiger charge is -2.13. The maximum Gasteiger partial charge on any atom is 0.325 e. The zero-order chi connectivity index (χ0) is 13.6. The molecule has 0 aromatic carbocycles. The van der Waals surface area contributed by atoms with E-state index in [2.05, 4.69) is 21.6 Å². The largest absolute Gasteiger partial charge is 0.480 e. The van der Waals surface area contributed by atoms with E-state index in [4.69, 9.17) is 10.4 Å². The lowest BCUT2D eigenvalue weighted by molar-refractivity contribution is -0.138. The molecule has 1 N–H and O–H groups in total. The van der Waals surface area contributed by atoms with Crippen molar-refractivity contribution >= 4 is 17.7 Å². The van der Waals surface area contributed by atoms with Gasteiger partial charge < -0.3 is 5.11 Å².